The summed E-state index contributed by atoms with van der Waals surface area (Å²) in [6, 6.07) is 15.9. The average Bonchev–Trinajstić information content (AvgIpc) is 2.92. The zero-order chi connectivity index (χ0) is 15.6. The van der Waals surface area contributed by atoms with E-state index in [9.17, 15) is 13.2 Å². The molecule has 112 valence electrons. The van der Waals surface area contributed by atoms with Gasteiger partial charge in [-0.15, -0.1) is 0 Å². The summed E-state index contributed by atoms with van der Waals surface area (Å²) >= 11 is 0. The van der Waals surface area contributed by atoms with Gasteiger partial charge in [0, 0.05) is 29.2 Å². The highest BCUT2D eigenvalue weighted by atomic mass is 32.2. The summed E-state index contributed by atoms with van der Waals surface area (Å²) in [4.78, 5) is 11.4. The predicted molar refractivity (Wildman–Crippen MR) is 85.8 cm³/mol. The third kappa shape index (κ3) is 2.67. The lowest BCUT2D eigenvalue weighted by molar-refractivity contribution is 0.112. The van der Waals surface area contributed by atoms with Crippen LogP contribution in [0.15, 0.2) is 65.7 Å². The van der Waals surface area contributed by atoms with Crippen molar-refractivity contribution in [2.45, 2.75) is 11.4 Å². The number of benzene rings is 2. The molecule has 0 fully saturated rings. The summed E-state index contributed by atoms with van der Waals surface area (Å²) in [5.41, 5.74) is 1.44. The third-order valence-corrected chi connectivity index (χ3v) is 5.36. The molecule has 0 saturated heterocycles. The van der Waals surface area contributed by atoms with E-state index in [1.54, 1.807) is 36.5 Å². The SMILES string of the molecule is O=Cc1cn(CCS(=O)(=O)c2ccccc2)c2ccccc12. The second-order valence-electron chi connectivity index (χ2n) is 5.04. The van der Waals surface area contributed by atoms with Gasteiger partial charge in [0.2, 0.25) is 0 Å². The minimum absolute atomic E-state index is 0.00597. The number of para-hydroxylation sites is 1. The van der Waals surface area contributed by atoms with E-state index < -0.39 is 9.84 Å². The highest BCUT2D eigenvalue weighted by molar-refractivity contribution is 7.91. The van der Waals surface area contributed by atoms with Crippen LogP contribution in [0.5, 0.6) is 0 Å². The first kappa shape index (κ1) is 14.5. The molecule has 0 bridgehead atoms. The van der Waals surface area contributed by atoms with Crippen LogP contribution in [-0.4, -0.2) is 25.0 Å². The lowest BCUT2D eigenvalue weighted by Gasteiger charge is -2.07. The number of rotatable bonds is 5. The number of carbonyl (C=O) groups is 1. The predicted octanol–water partition coefficient (Wildman–Crippen LogP) is 2.93. The van der Waals surface area contributed by atoms with Crippen LogP contribution >= 0.6 is 0 Å². The molecule has 0 atom stereocenters. The number of carbonyl (C=O) groups excluding carboxylic acids is 1. The maximum atomic E-state index is 12.3. The van der Waals surface area contributed by atoms with E-state index in [4.69, 9.17) is 0 Å². The molecule has 3 aromatic rings. The largest absolute Gasteiger partial charge is 0.346 e. The maximum absolute atomic E-state index is 12.3. The quantitative estimate of drug-likeness (QED) is 0.681. The molecule has 1 heterocycles. The van der Waals surface area contributed by atoms with E-state index >= 15 is 0 Å². The van der Waals surface area contributed by atoms with Crippen molar-refractivity contribution in [1.82, 2.24) is 4.57 Å². The first-order valence-electron chi connectivity index (χ1n) is 6.93. The molecular formula is C17H15NO3S. The first-order valence-corrected chi connectivity index (χ1v) is 8.58. The van der Waals surface area contributed by atoms with Gasteiger partial charge in [0.15, 0.2) is 16.1 Å². The van der Waals surface area contributed by atoms with Gasteiger partial charge in [0.05, 0.1) is 10.6 Å². The van der Waals surface area contributed by atoms with E-state index in [-0.39, 0.29) is 5.75 Å². The fourth-order valence-corrected chi connectivity index (χ4v) is 3.76. The Bertz CT molecular complexity index is 911. The van der Waals surface area contributed by atoms with Crippen LogP contribution < -0.4 is 0 Å². The van der Waals surface area contributed by atoms with Crippen molar-refractivity contribution in [3.63, 3.8) is 0 Å². The number of hydrogen-bond acceptors (Lipinski definition) is 3. The van der Waals surface area contributed by atoms with Crippen LogP contribution in [0.2, 0.25) is 0 Å². The number of aromatic nitrogens is 1. The first-order chi connectivity index (χ1) is 10.6. The molecule has 22 heavy (non-hydrogen) atoms. The molecular weight excluding hydrogens is 298 g/mol. The average molecular weight is 313 g/mol. The molecule has 3 rings (SSSR count). The highest BCUT2D eigenvalue weighted by Crippen LogP contribution is 2.20. The van der Waals surface area contributed by atoms with Crippen LogP contribution in [0.4, 0.5) is 0 Å². The van der Waals surface area contributed by atoms with Crippen LogP contribution in [-0.2, 0) is 16.4 Å². The van der Waals surface area contributed by atoms with Gasteiger partial charge in [0.25, 0.3) is 0 Å². The van der Waals surface area contributed by atoms with E-state index in [2.05, 4.69) is 0 Å². The van der Waals surface area contributed by atoms with Crippen molar-refractivity contribution in [3.8, 4) is 0 Å². The Hall–Kier alpha value is -2.40. The molecule has 0 aliphatic carbocycles. The molecule has 2 aromatic carbocycles. The lowest BCUT2D eigenvalue weighted by atomic mass is 10.2. The van der Waals surface area contributed by atoms with Gasteiger partial charge in [-0.05, 0) is 18.2 Å². The topological polar surface area (TPSA) is 56.1 Å². The maximum Gasteiger partial charge on any atom is 0.180 e. The minimum Gasteiger partial charge on any atom is -0.346 e. The molecule has 1 aromatic heterocycles. The normalized spacial score (nSPS) is 11.6. The fraction of sp³-hybridized carbons (Fsp3) is 0.118. The molecule has 0 radical (unpaired) electrons. The lowest BCUT2D eigenvalue weighted by Crippen LogP contribution is -2.12. The Morgan fingerprint density at radius 3 is 2.36 bits per heavy atom. The number of hydrogen-bond donors (Lipinski definition) is 0. The smallest absolute Gasteiger partial charge is 0.180 e. The molecule has 0 amide bonds. The van der Waals surface area contributed by atoms with Gasteiger partial charge in [-0.3, -0.25) is 4.79 Å². The molecule has 5 heteroatoms. The van der Waals surface area contributed by atoms with Crippen LogP contribution in [0.25, 0.3) is 10.9 Å². The second-order valence-corrected chi connectivity index (χ2v) is 7.15. The fourth-order valence-electron chi connectivity index (χ4n) is 2.52. The monoisotopic (exact) mass is 313 g/mol. The van der Waals surface area contributed by atoms with Crippen molar-refractivity contribution >= 4 is 27.0 Å². The zero-order valence-corrected chi connectivity index (χ0v) is 12.7. The number of aryl methyl sites for hydroxylation is 1. The molecule has 0 unspecified atom stereocenters. The number of nitrogens with zero attached hydrogens (tertiary/aromatic N) is 1. The highest BCUT2D eigenvalue weighted by Gasteiger charge is 2.15. The summed E-state index contributed by atoms with van der Waals surface area (Å²) in [6.07, 6.45) is 2.50. The molecule has 0 N–H and O–H groups in total. The van der Waals surface area contributed by atoms with Gasteiger partial charge < -0.3 is 4.57 Å². The summed E-state index contributed by atoms with van der Waals surface area (Å²) in [6.45, 7) is 0.311. The number of fused-ring (bicyclic) bond motifs is 1. The molecule has 0 aliphatic heterocycles. The van der Waals surface area contributed by atoms with E-state index in [1.165, 1.54) is 0 Å². The summed E-state index contributed by atoms with van der Waals surface area (Å²) < 4.78 is 26.5. The zero-order valence-electron chi connectivity index (χ0n) is 11.8. The minimum atomic E-state index is -3.33. The van der Waals surface area contributed by atoms with Crippen molar-refractivity contribution < 1.29 is 13.2 Å². The molecule has 0 aliphatic rings. The molecule has 0 saturated carbocycles. The van der Waals surface area contributed by atoms with Gasteiger partial charge in [-0.2, -0.15) is 0 Å². The van der Waals surface area contributed by atoms with E-state index in [0.717, 1.165) is 17.2 Å². The van der Waals surface area contributed by atoms with E-state index in [0.29, 0.717) is 17.0 Å². The van der Waals surface area contributed by atoms with Crippen molar-refractivity contribution in [2.24, 2.45) is 0 Å². The van der Waals surface area contributed by atoms with E-state index in [1.807, 2.05) is 28.8 Å². The van der Waals surface area contributed by atoms with Gasteiger partial charge in [0.1, 0.15) is 0 Å². The Kier molecular flexibility index (Phi) is 3.81. The Balaban J connectivity index is 1.90. The van der Waals surface area contributed by atoms with Gasteiger partial charge >= 0.3 is 0 Å². The number of aldehydes is 1. The van der Waals surface area contributed by atoms with Crippen molar-refractivity contribution in [2.75, 3.05) is 5.75 Å². The Morgan fingerprint density at radius 2 is 1.64 bits per heavy atom. The van der Waals surface area contributed by atoms with Crippen molar-refractivity contribution in [3.05, 3.63) is 66.4 Å². The Morgan fingerprint density at radius 1 is 0.955 bits per heavy atom. The molecule has 0 spiro atoms. The standard InChI is InChI=1S/C17H15NO3S/c19-13-14-12-18(17-9-5-4-8-16(14)17)10-11-22(20,21)15-6-2-1-3-7-15/h1-9,12-13H,10-11H2. The van der Waals surface area contributed by atoms with Gasteiger partial charge in [-0.25, -0.2) is 8.42 Å². The third-order valence-electron chi connectivity index (χ3n) is 3.65. The summed E-state index contributed by atoms with van der Waals surface area (Å²) in [7, 11) is -3.33. The van der Waals surface area contributed by atoms with Crippen LogP contribution in [0.1, 0.15) is 10.4 Å². The summed E-state index contributed by atoms with van der Waals surface area (Å²) in [5.74, 6) is -0.00597. The molecule has 4 nitrogen and oxygen atoms in total. The summed E-state index contributed by atoms with van der Waals surface area (Å²) in [5, 5.41) is 0.842. The number of sulfone groups is 1. The van der Waals surface area contributed by atoms with Gasteiger partial charge in [-0.1, -0.05) is 36.4 Å². The van der Waals surface area contributed by atoms with Crippen molar-refractivity contribution in [1.29, 1.82) is 0 Å². The van der Waals surface area contributed by atoms with Crippen LogP contribution in [0.3, 0.4) is 0 Å². The Labute approximate surface area is 128 Å². The van der Waals surface area contributed by atoms with Crippen LogP contribution in [0, 0.1) is 0 Å². The second kappa shape index (κ2) is 5.77.